The van der Waals surface area contributed by atoms with Crippen LogP contribution in [-0.4, -0.2) is 41.8 Å². The second-order valence-corrected chi connectivity index (χ2v) is 4.71. The molecule has 1 aromatic carbocycles. The molecule has 1 amide bonds. The Balaban J connectivity index is 2.95. The molecule has 104 valence electrons. The quantitative estimate of drug-likeness (QED) is 0.456. The lowest BCUT2D eigenvalue weighted by Gasteiger charge is -2.16. The molecule has 0 aliphatic rings. The van der Waals surface area contributed by atoms with Crippen LogP contribution in [0.15, 0.2) is 18.2 Å². The van der Waals surface area contributed by atoms with Crippen molar-refractivity contribution in [3.8, 4) is 5.75 Å². The summed E-state index contributed by atoms with van der Waals surface area (Å²) in [6.07, 6.45) is 0.840. The second-order valence-electron chi connectivity index (χ2n) is 3.91. The summed E-state index contributed by atoms with van der Waals surface area (Å²) in [6.45, 7) is 0.614. The fourth-order valence-corrected chi connectivity index (χ4v) is 1.83. The van der Waals surface area contributed by atoms with Gasteiger partial charge in [-0.3, -0.25) is 14.9 Å². The highest BCUT2D eigenvalue weighted by Gasteiger charge is 2.19. The summed E-state index contributed by atoms with van der Waals surface area (Å²) in [6, 6.07) is 4.11. The Morgan fingerprint density at radius 3 is 2.74 bits per heavy atom. The first-order valence-electron chi connectivity index (χ1n) is 5.65. The van der Waals surface area contributed by atoms with E-state index in [9.17, 15) is 14.9 Å². The van der Waals surface area contributed by atoms with E-state index < -0.39 is 4.92 Å². The summed E-state index contributed by atoms with van der Waals surface area (Å²) in [4.78, 5) is 23.9. The molecule has 6 nitrogen and oxygen atoms in total. The largest absolute Gasteiger partial charge is 0.490 e. The van der Waals surface area contributed by atoms with Gasteiger partial charge in [-0.05, 0) is 12.5 Å². The first-order valence-corrected chi connectivity index (χ1v) is 6.77. The molecule has 0 aliphatic heterocycles. The van der Waals surface area contributed by atoms with E-state index in [4.69, 9.17) is 4.74 Å². The number of hydrogen-bond donors (Lipinski definition) is 0. The van der Waals surface area contributed by atoms with E-state index in [2.05, 4.69) is 15.9 Å². The summed E-state index contributed by atoms with van der Waals surface area (Å²) >= 11 is 3.30. The lowest BCUT2D eigenvalue weighted by Crippen LogP contribution is -2.27. The molecule has 0 saturated heterocycles. The number of hydrogen-bond acceptors (Lipinski definition) is 4. The third-order valence-electron chi connectivity index (χ3n) is 2.60. The number of rotatable bonds is 6. The normalized spacial score (nSPS) is 10.1. The van der Waals surface area contributed by atoms with Crippen LogP contribution >= 0.6 is 15.9 Å². The first-order chi connectivity index (χ1) is 9.01. The van der Waals surface area contributed by atoms with E-state index in [1.807, 2.05) is 0 Å². The lowest BCUT2D eigenvalue weighted by atomic mass is 10.1. The number of nitro benzene ring substituents is 1. The second kappa shape index (κ2) is 7.08. The molecule has 0 spiro atoms. The van der Waals surface area contributed by atoms with Crippen LogP contribution in [0.4, 0.5) is 5.69 Å². The molecule has 0 unspecified atom stereocenters. The Bertz CT molecular complexity index is 479. The van der Waals surface area contributed by atoms with Crippen molar-refractivity contribution in [1.82, 2.24) is 4.90 Å². The van der Waals surface area contributed by atoms with Gasteiger partial charge in [0, 0.05) is 36.6 Å². The molecule has 19 heavy (non-hydrogen) atoms. The van der Waals surface area contributed by atoms with Gasteiger partial charge in [-0.1, -0.05) is 15.9 Å². The van der Waals surface area contributed by atoms with Crippen LogP contribution in [0.5, 0.6) is 5.75 Å². The number of amides is 1. The average Bonchev–Trinajstić information content (AvgIpc) is 2.42. The first kappa shape index (κ1) is 15.4. The number of alkyl halides is 1. The van der Waals surface area contributed by atoms with Crippen molar-refractivity contribution < 1.29 is 14.5 Å². The molecule has 7 heteroatoms. The molecule has 0 aromatic heterocycles. The molecule has 1 rings (SSSR count). The summed E-state index contributed by atoms with van der Waals surface area (Å²) in [7, 11) is 3.03. The number of methoxy groups -OCH3 is 1. The number of ether oxygens (including phenoxy) is 1. The van der Waals surface area contributed by atoms with Crippen molar-refractivity contribution in [2.75, 3.05) is 26.0 Å². The highest BCUT2D eigenvalue weighted by atomic mass is 79.9. The molecule has 0 heterocycles. The van der Waals surface area contributed by atoms with Crippen molar-refractivity contribution >= 4 is 27.5 Å². The van der Waals surface area contributed by atoms with Crippen LogP contribution in [0.1, 0.15) is 16.8 Å². The summed E-state index contributed by atoms with van der Waals surface area (Å²) in [5.74, 6) is -0.0983. The zero-order chi connectivity index (χ0) is 14.4. The van der Waals surface area contributed by atoms with E-state index in [1.54, 1.807) is 11.9 Å². The van der Waals surface area contributed by atoms with E-state index >= 15 is 0 Å². The predicted molar refractivity (Wildman–Crippen MR) is 75.0 cm³/mol. The van der Waals surface area contributed by atoms with Crippen molar-refractivity contribution in [3.05, 3.63) is 33.9 Å². The molecule has 0 radical (unpaired) electrons. The van der Waals surface area contributed by atoms with Crippen molar-refractivity contribution in [2.24, 2.45) is 0 Å². The number of benzene rings is 1. The Hall–Kier alpha value is -1.63. The van der Waals surface area contributed by atoms with Crippen LogP contribution in [0.25, 0.3) is 0 Å². The minimum Gasteiger partial charge on any atom is -0.490 e. The van der Waals surface area contributed by atoms with Gasteiger partial charge in [-0.15, -0.1) is 0 Å². The summed E-state index contributed by atoms with van der Waals surface area (Å²) in [5, 5.41) is 11.6. The van der Waals surface area contributed by atoms with Gasteiger partial charge in [0.1, 0.15) is 0 Å². The van der Waals surface area contributed by atoms with Gasteiger partial charge in [-0.25, -0.2) is 0 Å². The van der Waals surface area contributed by atoms with Gasteiger partial charge in [0.2, 0.25) is 0 Å². The Morgan fingerprint density at radius 2 is 2.21 bits per heavy atom. The Labute approximate surface area is 119 Å². The van der Waals surface area contributed by atoms with Gasteiger partial charge >= 0.3 is 5.69 Å². The number of nitrogens with zero attached hydrogens (tertiary/aromatic N) is 2. The maximum absolute atomic E-state index is 12.1. The minimum atomic E-state index is -0.540. The maximum atomic E-state index is 12.1. The van der Waals surface area contributed by atoms with Crippen LogP contribution in [0.3, 0.4) is 0 Å². The topological polar surface area (TPSA) is 72.7 Å². The van der Waals surface area contributed by atoms with Crippen LogP contribution in [-0.2, 0) is 0 Å². The number of carbonyl (C=O) groups excluding carboxylic acids is 1. The van der Waals surface area contributed by atoms with Gasteiger partial charge < -0.3 is 9.64 Å². The predicted octanol–water partition coefficient (Wildman–Crippen LogP) is 2.46. The van der Waals surface area contributed by atoms with Gasteiger partial charge in [0.05, 0.1) is 12.0 Å². The van der Waals surface area contributed by atoms with Crippen LogP contribution in [0, 0.1) is 10.1 Å². The van der Waals surface area contributed by atoms with E-state index in [-0.39, 0.29) is 17.3 Å². The summed E-state index contributed by atoms with van der Waals surface area (Å²) < 4.78 is 4.94. The number of halogens is 1. The van der Waals surface area contributed by atoms with Crippen molar-refractivity contribution in [2.45, 2.75) is 6.42 Å². The van der Waals surface area contributed by atoms with E-state index in [0.717, 1.165) is 11.8 Å². The van der Waals surface area contributed by atoms with Crippen molar-refractivity contribution in [1.29, 1.82) is 0 Å². The fourth-order valence-electron chi connectivity index (χ4n) is 1.58. The molecule has 0 atom stereocenters. The van der Waals surface area contributed by atoms with Crippen LogP contribution in [0.2, 0.25) is 0 Å². The van der Waals surface area contributed by atoms with Crippen molar-refractivity contribution in [3.63, 3.8) is 0 Å². The molecule has 0 bridgehead atoms. The summed E-state index contributed by atoms with van der Waals surface area (Å²) in [5.41, 5.74) is 0.224. The highest BCUT2D eigenvalue weighted by molar-refractivity contribution is 9.09. The molecule has 1 aromatic rings. The highest BCUT2D eigenvalue weighted by Crippen LogP contribution is 2.27. The number of carbonyl (C=O) groups is 1. The third-order valence-corrected chi connectivity index (χ3v) is 3.16. The molecule has 0 aliphatic carbocycles. The Kier molecular flexibility index (Phi) is 5.75. The fraction of sp³-hybridized carbons (Fsp3) is 0.417. The lowest BCUT2D eigenvalue weighted by molar-refractivity contribution is -0.385. The molecular weight excluding hydrogens is 316 g/mol. The van der Waals surface area contributed by atoms with Crippen LogP contribution < -0.4 is 4.74 Å². The average molecular weight is 331 g/mol. The number of nitro groups is 1. The Morgan fingerprint density at radius 1 is 1.53 bits per heavy atom. The minimum absolute atomic E-state index is 0.0877. The zero-order valence-corrected chi connectivity index (χ0v) is 12.3. The molecule has 0 fully saturated rings. The third kappa shape index (κ3) is 3.92. The monoisotopic (exact) mass is 330 g/mol. The molecule has 0 saturated carbocycles. The molecular formula is C12H15BrN2O4. The van der Waals surface area contributed by atoms with Gasteiger partial charge in [0.15, 0.2) is 5.75 Å². The van der Waals surface area contributed by atoms with Gasteiger partial charge in [-0.2, -0.15) is 0 Å². The van der Waals surface area contributed by atoms with Gasteiger partial charge in [0.25, 0.3) is 5.91 Å². The molecule has 0 N–H and O–H groups in total. The zero-order valence-electron chi connectivity index (χ0n) is 10.8. The van der Waals surface area contributed by atoms with E-state index in [0.29, 0.717) is 12.1 Å². The SMILES string of the molecule is COc1cc(C(=O)N(C)CCCBr)ccc1[N+](=O)[O-]. The van der Waals surface area contributed by atoms with E-state index in [1.165, 1.54) is 25.3 Å². The maximum Gasteiger partial charge on any atom is 0.310 e. The smallest absolute Gasteiger partial charge is 0.310 e. The standard InChI is InChI=1S/C12H15BrN2O4/c1-14(7-3-6-13)12(16)9-4-5-10(15(17)18)11(8-9)19-2/h4-5,8H,3,6-7H2,1-2H3.